The number of benzene rings is 1. The summed E-state index contributed by atoms with van der Waals surface area (Å²) in [5, 5.41) is 22.7. The average molecular weight is 263 g/mol. The summed E-state index contributed by atoms with van der Waals surface area (Å²) in [4.78, 5) is 11.8. The zero-order valence-corrected chi connectivity index (χ0v) is 11.2. The van der Waals surface area contributed by atoms with Gasteiger partial charge in [-0.25, -0.2) is 0 Å². The largest absolute Gasteiger partial charge is 0.391 e. The number of aliphatic hydroxyl groups is 2. The number of aliphatic hydroxyl groups excluding tert-OH is 1. The van der Waals surface area contributed by atoms with Crippen LogP contribution in [-0.4, -0.2) is 28.8 Å². The maximum atomic E-state index is 11.8. The third kappa shape index (κ3) is 4.04. The fourth-order valence-electron chi connectivity index (χ4n) is 2.14. The molecule has 0 radical (unpaired) electrons. The molecule has 2 atom stereocenters. The molecule has 3 N–H and O–H groups in total. The van der Waals surface area contributed by atoms with Gasteiger partial charge in [-0.05, 0) is 31.2 Å². The van der Waals surface area contributed by atoms with E-state index >= 15 is 0 Å². The van der Waals surface area contributed by atoms with Crippen molar-refractivity contribution in [1.29, 1.82) is 0 Å². The molecular weight excluding hydrogens is 242 g/mol. The van der Waals surface area contributed by atoms with Crippen LogP contribution in [-0.2, 0) is 10.4 Å². The van der Waals surface area contributed by atoms with Crippen molar-refractivity contribution in [2.75, 3.05) is 6.54 Å². The van der Waals surface area contributed by atoms with E-state index in [1.54, 1.807) is 19.1 Å². The predicted octanol–water partition coefficient (Wildman–Crippen LogP) is 1.17. The zero-order chi connectivity index (χ0) is 13.9. The highest BCUT2D eigenvalue weighted by atomic mass is 16.3. The molecule has 0 heterocycles. The first kappa shape index (κ1) is 14.0. The maximum Gasteiger partial charge on any atom is 0.223 e. The van der Waals surface area contributed by atoms with Crippen LogP contribution in [0.2, 0.25) is 0 Å². The van der Waals surface area contributed by atoms with E-state index in [0.29, 0.717) is 11.5 Å². The van der Waals surface area contributed by atoms with E-state index < -0.39 is 11.7 Å². The summed E-state index contributed by atoms with van der Waals surface area (Å²) in [5.41, 5.74) is -0.469. The van der Waals surface area contributed by atoms with Crippen molar-refractivity contribution >= 4 is 5.91 Å². The van der Waals surface area contributed by atoms with Crippen molar-refractivity contribution in [2.24, 2.45) is 5.92 Å². The first-order valence-corrected chi connectivity index (χ1v) is 6.72. The van der Waals surface area contributed by atoms with E-state index in [9.17, 15) is 15.0 Å². The molecule has 0 saturated heterocycles. The molecule has 0 aromatic heterocycles. The van der Waals surface area contributed by atoms with Gasteiger partial charge in [0.25, 0.3) is 0 Å². The summed E-state index contributed by atoms with van der Waals surface area (Å²) in [6, 6.07) is 9.13. The summed E-state index contributed by atoms with van der Waals surface area (Å²) in [5.74, 6) is 0.100. The van der Waals surface area contributed by atoms with Crippen LogP contribution in [0, 0.1) is 5.92 Å². The van der Waals surface area contributed by atoms with E-state index in [1.807, 2.05) is 18.2 Å². The molecule has 2 unspecified atom stereocenters. The Balaban J connectivity index is 1.83. The van der Waals surface area contributed by atoms with E-state index in [2.05, 4.69) is 5.32 Å². The molecule has 0 spiro atoms. The minimum absolute atomic E-state index is 0.00556. The Kier molecular flexibility index (Phi) is 4.22. The van der Waals surface area contributed by atoms with Gasteiger partial charge in [0, 0.05) is 6.54 Å². The van der Waals surface area contributed by atoms with Gasteiger partial charge in [-0.3, -0.25) is 4.79 Å². The molecule has 1 aliphatic carbocycles. The molecule has 1 amide bonds. The third-order valence-electron chi connectivity index (χ3n) is 3.57. The van der Waals surface area contributed by atoms with Crippen molar-refractivity contribution < 1.29 is 15.0 Å². The zero-order valence-electron chi connectivity index (χ0n) is 11.2. The van der Waals surface area contributed by atoms with Gasteiger partial charge in [0.05, 0.1) is 18.1 Å². The first-order valence-electron chi connectivity index (χ1n) is 6.72. The van der Waals surface area contributed by atoms with E-state index in [0.717, 1.165) is 12.8 Å². The van der Waals surface area contributed by atoms with Gasteiger partial charge in [0.2, 0.25) is 5.91 Å². The smallest absolute Gasteiger partial charge is 0.223 e. The van der Waals surface area contributed by atoms with Gasteiger partial charge >= 0.3 is 0 Å². The molecule has 1 aliphatic rings. The molecule has 0 aliphatic heterocycles. The fourth-order valence-corrected chi connectivity index (χ4v) is 2.14. The Morgan fingerprint density at radius 2 is 2.05 bits per heavy atom. The van der Waals surface area contributed by atoms with E-state index in [-0.39, 0.29) is 18.9 Å². The normalized spacial score (nSPS) is 19.5. The lowest BCUT2D eigenvalue weighted by atomic mass is 9.92. The van der Waals surface area contributed by atoms with Crippen molar-refractivity contribution in [3.05, 3.63) is 35.9 Å². The van der Waals surface area contributed by atoms with Crippen LogP contribution in [0.25, 0.3) is 0 Å². The maximum absolute atomic E-state index is 11.8. The highest BCUT2D eigenvalue weighted by Crippen LogP contribution is 2.32. The third-order valence-corrected chi connectivity index (χ3v) is 3.57. The molecular formula is C15H21NO3. The van der Waals surface area contributed by atoms with Crippen molar-refractivity contribution in [2.45, 2.75) is 37.9 Å². The van der Waals surface area contributed by atoms with Crippen LogP contribution < -0.4 is 5.32 Å². The van der Waals surface area contributed by atoms with Crippen LogP contribution in [0.4, 0.5) is 0 Å². The predicted molar refractivity (Wildman–Crippen MR) is 72.4 cm³/mol. The Bertz CT molecular complexity index is 426. The second-order valence-electron chi connectivity index (χ2n) is 5.53. The summed E-state index contributed by atoms with van der Waals surface area (Å²) >= 11 is 0. The van der Waals surface area contributed by atoms with E-state index in [1.165, 1.54) is 0 Å². The summed E-state index contributed by atoms with van der Waals surface area (Å²) in [6.45, 7) is 1.90. The fraction of sp³-hybridized carbons (Fsp3) is 0.533. The van der Waals surface area contributed by atoms with Crippen LogP contribution in [0.1, 0.15) is 31.7 Å². The summed E-state index contributed by atoms with van der Waals surface area (Å²) in [7, 11) is 0. The number of amides is 1. The van der Waals surface area contributed by atoms with Crippen LogP contribution in [0.15, 0.2) is 30.3 Å². The molecule has 104 valence electrons. The number of hydrogen-bond donors (Lipinski definition) is 3. The second kappa shape index (κ2) is 5.72. The molecule has 1 aromatic carbocycles. The number of hydrogen-bond acceptors (Lipinski definition) is 3. The average Bonchev–Trinajstić information content (AvgIpc) is 3.21. The van der Waals surface area contributed by atoms with Gasteiger partial charge in [-0.15, -0.1) is 0 Å². The number of carbonyl (C=O) groups is 1. The molecule has 19 heavy (non-hydrogen) atoms. The topological polar surface area (TPSA) is 69.6 Å². The van der Waals surface area contributed by atoms with Gasteiger partial charge in [-0.1, -0.05) is 30.3 Å². The van der Waals surface area contributed by atoms with Crippen molar-refractivity contribution in [3.8, 4) is 0 Å². The lowest BCUT2D eigenvalue weighted by Gasteiger charge is -2.23. The lowest BCUT2D eigenvalue weighted by molar-refractivity contribution is -0.126. The van der Waals surface area contributed by atoms with Gasteiger partial charge in [0.1, 0.15) is 0 Å². The van der Waals surface area contributed by atoms with Crippen LogP contribution in [0.3, 0.4) is 0 Å². The number of rotatable bonds is 6. The minimum Gasteiger partial charge on any atom is -0.391 e. The lowest BCUT2D eigenvalue weighted by Crippen LogP contribution is -2.37. The van der Waals surface area contributed by atoms with Gasteiger partial charge in [0.15, 0.2) is 0 Å². The Labute approximate surface area is 113 Å². The first-order chi connectivity index (χ1) is 8.99. The molecule has 1 fully saturated rings. The minimum atomic E-state index is -1.18. The van der Waals surface area contributed by atoms with Crippen LogP contribution >= 0.6 is 0 Å². The molecule has 1 saturated carbocycles. The van der Waals surface area contributed by atoms with Crippen molar-refractivity contribution in [3.63, 3.8) is 0 Å². The summed E-state index contributed by atoms with van der Waals surface area (Å²) < 4.78 is 0. The summed E-state index contributed by atoms with van der Waals surface area (Å²) in [6.07, 6.45) is 1.62. The molecule has 2 rings (SSSR count). The number of carbonyl (C=O) groups excluding carboxylic acids is 1. The highest BCUT2D eigenvalue weighted by Gasteiger charge is 2.31. The monoisotopic (exact) mass is 263 g/mol. The molecule has 4 heteroatoms. The molecule has 4 nitrogen and oxygen atoms in total. The molecule has 0 bridgehead atoms. The van der Waals surface area contributed by atoms with E-state index in [4.69, 9.17) is 0 Å². The molecule has 1 aromatic rings. The van der Waals surface area contributed by atoms with Crippen molar-refractivity contribution in [1.82, 2.24) is 5.32 Å². The Hall–Kier alpha value is -1.39. The van der Waals surface area contributed by atoms with Crippen LogP contribution in [0.5, 0.6) is 0 Å². The Morgan fingerprint density at radius 3 is 2.63 bits per heavy atom. The number of nitrogens with one attached hydrogen (secondary N) is 1. The second-order valence-corrected chi connectivity index (χ2v) is 5.53. The standard InChI is InChI=1S/C15H21NO3/c1-15(19,12-5-3-2-4-6-12)9-14(18)16-10-13(17)11-7-8-11/h2-6,11,13,17,19H,7-10H2,1H3,(H,16,18). The van der Waals surface area contributed by atoms with Gasteiger partial charge in [-0.2, -0.15) is 0 Å². The SMILES string of the molecule is CC(O)(CC(=O)NCC(O)C1CC1)c1ccccc1. The quantitative estimate of drug-likeness (QED) is 0.721. The highest BCUT2D eigenvalue weighted by molar-refractivity contribution is 5.77. The van der Waals surface area contributed by atoms with Gasteiger partial charge < -0.3 is 15.5 Å². The Morgan fingerprint density at radius 1 is 1.42 bits per heavy atom.